The lowest BCUT2D eigenvalue weighted by atomic mass is 10.3. The molecule has 1 aliphatic heterocycles. The third-order valence-electron chi connectivity index (χ3n) is 1.25. The van der Waals surface area contributed by atoms with Gasteiger partial charge in [-0.2, -0.15) is 0 Å². The molecule has 1 aliphatic rings. The van der Waals surface area contributed by atoms with E-state index < -0.39 is 24.1 Å². The van der Waals surface area contributed by atoms with Crippen molar-refractivity contribution in [2.45, 2.75) is 67.6 Å². The largest absolute Gasteiger partial charge is 0.448 e. The monoisotopic (exact) mass is 234 g/mol. The fourth-order valence-corrected chi connectivity index (χ4v) is 0.636. The predicted octanol–water partition coefficient (Wildman–Crippen LogP) is 2.94. The number of carbonyl (C=O) groups is 2. The summed E-state index contributed by atoms with van der Waals surface area (Å²) in [5, 5.41) is 0. The first-order valence-corrected chi connectivity index (χ1v) is 6.02. The topological polar surface area (TPSA) is 52.6 Å². The minimum Gasteiger partial charge on any atom is -0.448 e. The number of carbonyl (C=O) groups excluding carboxylic acids is 2. The Morgan fingerprint density at radius 1 is 0.688 bits per heavy atom. The number of esters is 2. The van der Waals surface area contributed by atoms with E-state index in [1.165, 1.54) is 13.8 Å². The minimum absolute atomic E-state index is 0.480. The lowest BCUT2D eigenvalue weighted by Crippen LogP contribution is -2.40. The Balaban J connectivity index is -0.000000245. The van der Waals surface area contributed by atoms with Gasteiger partial charge in [-0.05, 0) is 13.8 Å². The van der Waals surface area contributed by atoms with Crippen molar-refractivity contribution in [1.82, 2.24) is 0 Å². The zero-order valence-electron chi connectivity index (χ0n) is 11.8. The highest BCUT2D eigenvalue weighted by molar-refractivity contribution is 5.86. The van der Waals surface area contributed by atoms with Gasteiger partial charge in [0.1, 0.15) is 0 Å². The second-order valence-electron chi connectivity index (χ2n) is 2.16. The van der Waals surface area contributed by atoms with Crippen LogP contribution in [0.4, 0.5) is 0 Å². The van der Waals surface area contributed by atoms with Crippen molar-refractivity contribution in [3.63, 3.8) is 0 Å². The van der Waals surface area contributed by atoms with Gasteiger partial charge in [0.2, 0.25) is 0 Å². The second kappa shape index (κ2) is 13.9. The Morgan fingerprint density at radius 3 is 1.06 bits per heavy atom. The molecule has 16 heavy (non-hydrogen) atoms. The Kier molecular flexibility index (Phi) is 17.7. The zero-order valence-corrected chi connectivity index (χ0v) is 11.8. The fraction of sp³-hybridized carbons (Fsp3) is 0.833. The van der Waals surface area contributed by atoms with Gasteiger partial charge in [-0.1, -0.05) is 41.5 Å². The number of cyclic esters (lactones) is 2. The van der Waals surface area contributed by atoms with Crippen LogP contribution in [0.15, 0.2) is 0 Å². The molecule has 0 N–H and O–H groups in total. The van der Waals surface area contributed by atoms with Gasteiger partial charge in [-0.25, -0.2) is 9.59 Å². The lowest BCUT2D eigenvalue weighted by molar-refractivity contribution is -0.191. The van der Waals surface area contributed by atoms with Crippen LogP contribution in [0.3, 0.4) is 0 Å². The molecule has 1 fully saturated rings. The van der Waals surface area contributed by atoms with E-state index in [1.54, 1.807) is 0 Å². The van der Waals surface area contributed by atoms with Gasteiger partial charge >= 0.3 is 11.9 Å². The van der Waals surface area contributed by atoms with E-state index >= 15 is 0 Å². The van der Waals surface area contributed by atoms with Gasteiger partial charge in [-0.15, -0.1) is 0 Å². The van der Waals surface area contributed by atoms with Crippen molar-refractivity contribution in [3.05, 3.63) is 0 Å². The number of ether oxygens (including phenoxy) is 2. The average Bonchev–Trinajstić information content (AvgIpc) is 2.34. The molecule has 1 rings (SSSR count). The van der Waals surface area contributed by atoms with Gasteiger partial charge in [-0.3, -0.25) is 0 Å². The van der Waals surface area contributed by atoms with Gasteiger partial charge in [0.25, 0.3) is 0 Å². The van der Waals surface area contributed by atoms with E-state index in [2.05, 4.69) is 9.47 Å². The molecule has 0 radical (unpaired) electrons. The van der Waals surface area contributed by atoms with Gasteiger partial charge < -0.3 is 9.47 Å². The molecule has 0 bridgehead atoms. The summed E-state index contributed by atoms with van der Waals surface area (Å²) in [5.41, 5.74) is 0. The van der Waals surface area contributed by atoms with Gasteiger partial charge in [0, 0.05) is 0 Å². The molecule has 4 nitrogen and oxygen atoms in total. The molecule has 2 atom stereocenters. The standard InChI is InChI=1S/C6H8O4.3C2H6/c1-3-5(7)10-4(2)6(8)9-3;3*1-2/h3-4H,1-2H3;3*1-2H3. The molecule has 0 aromatic carbocycles. The molecule has 0 spiro atoms. The summed E-state index contributed by atoms with van der Waals surface area (Å²) in [6, 6.07) is 0. The van der Waals surface area contributed by atoms with Crippen LogP contribution in [0.25, 0.3) is 0 Å². The van der Waals surface area contributed by atoms with E-state index in [0.717, 1.165) is 0 Å². The van der Waals surface area contributed by atoms with Crippen molar-refractivity contribution >= 4 is 11.9 Å². The van der Waals surface area contributed by atoms with Crippen molar-refractivity contribution < 1.29 is 19.1 Å². The lowest BCUT2D eigenvalue weighted by Gasteiger charge is -2.22. The predicted molar refractivity (Wildman–Crippen MR) is 65.2 cm³/mol. The smallest absolute Gasteiger partial charge is 0.347 e. The summed E-state index contributed by atoms with van der Waals surface area (Å²) in [6.45, 7) is 15.0. The van der Waals surface area contributed by atoms with Crippen molar-refractivity contribution in [1.29, 1.82) is 0 Å². The molecule has 0 aliphatic carbocycles. The molecule has 0 saturated carbocycles. The van der Waals surface area contributed by atoms with Crippen molar-refractivity contribution in [3.8, 4) is 0 Å². The molecule has 2 unspecified atom stereocenters. The molecular weight excluding hydrogens is 208 g/mol. The number of hydrogen-bond acceptors (Lipinski definition) is 4. The molecule has 1 saturated heterocycles. The first-order chi connectivity index (χ1) is 7.61. The summed E-state index contributed by atoms with van der Waals surface area (Å²) in [7, 11) is 0. The van der Waals surface area contributed by atoms with Gasteiger partial charge in [0.15, 0.2) is 12.2 Å². The quantitative estimate of drug-likeness (QED) is 0.605. The summed E-state index contributed by atoms with van der Waals surface area (Å²) in [5.74, 6) is -0.959. The second-order valence-corrected chi connectivity index (χ2v) is 2.16. The van der Waals surface area contributed by atoms with Crippen LogP contribution in [-0.2, 0) is 19.1 Å². The normalized spacial score (nSPS) is 21.8. The van der Waals surface area contributed by atoms with E-state index in [0.29, 0.717) is 0 Å². The third-order valence-corrected chi connectivity index (χ3v) is 1.25. The van der Waals surface area contributed by atoms with E-state index in [4.69, 9.17) is 0 Å². The zero-order chi connectivity index (χ0) is 13.7. The highest BCUT2D eigenvalue weighted by Gasteiger charge is 2.32. The maximum Gasteiger partial charge on any atom is 0.347 e. The third kappa shape index (κ3) is 8.26. The van der Waals surface area contributed by atoms with Crippen LogP contribution in [0.1, 0.15) is 55.4 Å². The molecule has 0 amide bonds. The van der Waals surface area contributed by atoms with Crippen LogP contribution in [-0.4, -0.2) is 24.1 Å². The first-order valence-electron chi connectivity index (χ1n) is 6.02. The van der Waals surface area contributed by atoms with Crippen molar-refractivity contribution in [2.24, 2.45) is 0 Å². The maximum atomic E-state index is 10.7. The summed E-state index contributed by atoms with van der Waals surface area (Å²) >= 11 is 0. The molecule has 98 valence electrons. The van der Waals surface area contributed by atoms with Crippen LogP contribution in [0.5, 0.6) is 0 Å². The van der Waals surface area contributed by atoms with Crippen LogP contribution in [0, 0.1) is 0 Å². The van der Waals surface area contributed by atoms with E-state index in [9.17, 15) is 9.59 Å². The minimum atomic E-state index is -0.747. The van der Waals surface area contributed by atoms with E-state index in [-0.39, 0.29) is 0 Å². The molecule has 0 aromatic rings. The molecule has 1 heterocycles. The molecule has 4 heteroatoms. The summed E-state index contributed by atoms with van der Waals surface area (Å²) in [6.07, 6.45) is -1.49. The van der Waals surface area contributed by atoms with E-state index in [1.807, 2.05) is 41.5 Å². The summed E-state index contributed by atoms with van der Waals surface area (Å²) < 4.78 is 9.19. The summed E-state index contributed by atoms with van der Waals surface area (Å²) in [4.78, 5) is 21.3. The van der Waals surface area contributed by atoms with Crippen LogP contribution < -0.4 is 0 Å². The number of rotatable bonds is 0. The highest BCUT2D eigenvalue weighted by Crippen LogP contribution is 2.08. The van der Waals surface area contributed by atoms with Crippen LogP contribution >= 0.6 is 0 Å². The Labute approximate surface area is 99.3 Å². The Hall–Kier alpha value is -1.06. The van der Waals surface area contributed by atoms with Crippen LogP contribution in [0.2, 0.25) is 0 Å². The highest BCUT2D eigenvalue weighted by atomic mass is 16.6. The Morgan fingerprint density at radius 2 is 0.875 bits per heavy atom. The van der Waals surface area contributed by atoms with Crippen molar-refractivity contribution in [2.75, 3.05) is 0 Å². The SMILES string of the molecule is CC.CC.CC.CC1OC(=O)C(C)OC1=O. The first kappa shape index (κ1) is 20.4. The molecule has 0 aromatic heterocycles. The maximum absolute atomic E-state index is 10.7. The molecular formula is C12H26O4. The fourth-order valence-electron chi connectivity index (χ4n) is 0.636. The average molecular weight is 234 g/mol. The number of hydrogen-bond donors (Lipinski definition) is 0. The van der Waals surface area contributed by atoms with Gasteiger partial charge in [0.05, 0.1) is 0 Å². The Bertz CT molecular complexity index is 158.